The van der Waals surface area contributed by atoms with Crippen LogP contribution in [0.2, 0.25) is 0 Å². The van der Waals surface area contributed by atoms with E-state index >= 15 is 0 Å². The number of nitrogens with one attached hydrogen (secondary N) is 3. The van der Waals surface area contributed by atoms with Gasteiger partial charge >= 0.3 is 12.3 Å². The summed E-state index contributed by atoms with van der Waals surface area (Å²) in [6, 6.07) is 3.42. The van der Waals surface area contributed by atoms with Gasteiger partial charge in [0.15, 0.2) is 0 Å². The van der Waals surface area contributed by atoms with Crippen LogP contribution in [0.15, 0.2) is 24.3 Å². The maximum Gasteiger partial charge on any atom is 0.573 e. The fraction of sp³-hybridized carbons (Fsp3) is 0.467. The van der Waals surface area contributed by atoms with Gasteiger partial charge in [0.2, 0.25) is 5.91 Å². The minimum atomic E-state index is -4.81. The second-order valence-electron chi connectivity index (χ2n) is 5.75. The Labute approximate surface area is 141 Å². The molecular weight excluding hydrogens is 343 g/mol. The molecule has 3 unspecified atom stereocenters. The molecule has 138 valence electrons. The number of carbonyl (C=O) groups is 2. The van der Waals surface area contributed by atoms with E-state index in [9.17, 15) is 22.8 Å². The fourth-order valence-electron chi connectivity index (χ4n) is 2.49. The highest BCUT2D eigenvalue weighted by Crippen LogP contribution is 2.25. The number of carboxylic acids is 1. The highest BCUT2D eigenvalue weighted by Gasteiger charge is 2.31. The van der Waals surface area contributed by atoms with Crippen LogP contribution in [0.5, 0.6) is 5.75 Å². The molecule has 3 atom stereocenters. The Kier molecular flexibility index (Phi) is 5.85. The molecule has 0 aromatic heterocycles. The Morgan fingerprint density at radius 3 is 2.44 bits per heavy atom. The minimum Gasteiger partial charge on any atom is -0.481 e. The third-order valence-corrected chi connectivity index (χ3v) is 3.62. The zero-order valence-electron chi connectivity index (χ0n) is 13.3. The number of alkyl halides is 3. The van der Waals surface area contributed by atoms with Gasteiger partial charge in [-0.05, 0) is 31.0 Å². The van der Waals surface area contributed by atoms with Gasteiger partial charge in [-0.3, -0.25) is 15.0 Å². The summed E-state index contributed by atoms with van der Waals surface area (Å²) >= 11 is 0. The molecule has 4 N–H and O–H groups in total. The zero-order chi connectivity index (χ0) is 18.6. The third-order valence-electron chi connectivity index (χ3n) is 3.62. The van der Waals surface area contributed by atoms with Gasteiger partial charge in [0, 0.05) is 6.04 Å². The van der Waals surface area contributed by atoms with Gasteiger partial charge in [0.1, 0.15) is 11.8 Å². The SMILES string of the molecule is CC1CC(C(=O)NC(CC(=O)O)c2ccc(OC(F)(F)F)cc2)NN1. The number of hydrogen-bond donors (Lipinski definition) is 4. The van der Waals surface area contributed by atoms with E-state index in [0.29, 0.717) is 12.0 Å². The van der Waals surface area contributed by atoms with E-state index in [-0.39, 0.29) is 6.04 Å². The number of rotatable bonds is 6. The number of halogens is 3. The number of aliphatic carboxylic acids is 1. The fourth-order valence-corrected chi connectivity index (χ4v) is 2.49. The summed E-state index contributed by atoms with van der Waals surface area (Å²) in [5.41, 5.74) is 6.04. The van der Waals surface area contributed by atoms with Crippen molar-refractivity contribution >= 4 is 11.9 Å². The lowest BCUT2D eigenvalue weighted by Gasteiger charge is -2.20. The second-order valence-corrected chi connectivity index (χ2v) is 5.75. The molecule has 1 aliphatic heterocycles. The summed E-state index contributed by atoms with van der Waals surface area (Å²) in [5, 5.41) is 11.6. The molecule has 1 aliphatic rings. The van der Waals surface area contributed by atoms with Crippen LogP contribution >= 0.6 is 0 Å². The molecule has 1 fully saturated rings. The van der Waals surface area contributed by atoms with Gasteiger partial charge in [0.05, 0.1) is 12.5 Å². The molecular formula is C15H18F3N3O4. The van der Waals surface area contributed by atoms with Crippen molar-refractivity contribution in [1.82, 2.24) is 16.2 Å². The largest absolute Gasteiger partial charge is 0.573 e. The number of ether oxygens (including phenoxy) is 1. The summed E-state index contributed by atoms with van der Waals surface area (Å²) in [6.45, 7) is 1.88. The molecule has 0 radical (unpaired) electrons. The van der Waals surface area contributed by atoms with Crippen molar-refractivity contribution in [1.29, 1.82) is 0 Å². The van der Waals surface area contributed by atoms with Crippen LogP contribution in [0.3, 0.4) is 0 Å². The van der Waals surface area contributed by atoms with E-state index in [2.05, 4.69) is 20.9 Å². The molecule has 1 saturated heterocycles. The molecule has 1 aromatic carbocycles. The Balaban J connectivity index is 2.08. The lowest BCUT2D eigenvalue weighted by molar-refractivity contribution is -0.274. The van der Waals surface area contributed by atoms with E-state index in [1.165, 1.54) is 12.1 Å². The monoisotopic (exact) mass is 361 g/mol. The number of amides is 1. The first-order valence-electron chi connectivity index (χ1n) is 7.53. The molecule has 25 heavy (non-hydrogen) atoms. The maximum atomic E-state index is 12.2. The minimum absolute atomic E-state index is 0.0903. The van der Waals surface area contributed by atoms with Crippen molar-refractivity contribution in [3.05, 3.63) is 29.8 Å². The Bertz CT molecular complexity index is 621. The molecule has 1 heterocycles. The first kappa shape index (κ1) is 19.0. The highest BCUT2D eigenvalue weighted by molar-refractivity contribution is 5.83. The normalized spacial score (nSPS) is 21.6. The number of carbonyl (C=O) groups excluding carboxylic acids is 1. The number of benzene rings is 1. The van der Waals surface area contributed by atoms with Gasteiger partial charge in [-0.1, -0.05) is 12.1 Å². The van der Waals surface area contributed by atoms with E-state index in [0.717, 1.165) is 12.1 Å². The molecule has 0 aliphatic carbocycles. The molecule has 0 bridgehead atoms. The van der Waals surface area contributed by atoms with Gasteiger partial charge in [-0.2, -0.15) is 0 Å². The second kappa shape index (κ2) is 7.70. The maximum absolute atomic E-state index is 12.2. The van der Waals surface area contributed by atoms with Crippen molar-refractivity contribution < 1.29 is 32.6 Å². The van der Waals surface area contributed by atoms with E-state index in [1.807, 2.05) is 6.92 Å². The van der Waals surface area contributed by atoms with Crippen LogP contribution in [0, 0.1) is 0 Å². The first-order chi connectivity index (χ1) is 11.6. The summed E-state index contributed by atoms with van der Waals surface area (Å²) in [5.74, 6) is -1.96. The van der Waals surface area contributed by atoms with E-state index in [4.69, 9.17) is 5.11 Å². The molecule has 1 amide bonds. The Morgan fingerprint density at radius 1 is 1.32 bits per heavy atom. The lowest BCUT2D eigenvalue weighted by atomic mass is 10.0. The molecule has 0 spiro atoms. The first-order valence-corrected chi connectivity index (χ1v) is 7.53. The summed E-state index contributed by atoms with van der Waals surface area (Å²) in [7, 11) is 0. The van der Waals surface area contributed by atoms with Gasteiger partial charge in [0.25, 0.3) is 0 Å². The number of hydrazine groups is 1. The number of carboxylic acid groups (broad SMARTS) is 1. The van der Waals surface area contributed by atoms with Crippen LogP contribution < -0.4 is 20.9 Å². The van der Waals surface area contributed by atoms with Crippen molar-refractivity contribution in [2.24, 2.45) is 0 Å². The quantitative estimate of drug-likeness (QED) is 0.612. The van der Waals surface area contributed by atoms with Crippen LogP contribution in [0.25, 0.3) is 0 Å². The molecule has 7 nitrogen and oxygen atoms in total. The van der Waals surface area contributed by atoms with Crippen molar-refractivity contribution in [2.75, 3.05) is 0 Å². The van der Waals surface area contributed by atoms with E-state index < -0.39 is 42.5 Å². The van der Waals surface area contributed by atoms with Crippen LogP contribution in [-0.4, -0.2) is 35.4 Å². The number of hydrogen-bond acceptors (Lipinski definition) is 5. The lowest BCUT2D eigenvalue weighted by Crippen LogP contribution is -2.44. The summed E-state index contributed by atoms with van der Waals surface area (Å²) in [6.07, 6.45) is -4.68. The summed E-state index contributed by atoms with van der Waals surface area (Å²) in [4.78, 5) is 23.3. The van der Waals surface area contributed by atoms with Crippen LogP contribution in [0.1, 0.15) is 31.4 Å². The highest BCUT2D eigenvalue weighted by atomic mass is 19.4. The van der Waals surface area contributed by atoms with Gasteiger partial charge in [-0.25, -0.2) is 5.43 Å². The third kappa shape index (κ3) is 5.91. The molecule has 1 aromatic rings. The van der Waals surface area contributed by atoms with Crippen molar-refractivity contribution in [2.45, 2.75) is 44.3 Å². The van der Waals surface area contributed by atoms with Gasteiger partial charge < -0.3 is 15.2 Å². The van der Waals surface area contributed by atoms with E-state index in [1.54, 1.807) is 0 Å². The molecule has 10 heteroatoms. The van der Waals surface area contributed by atoms with Gasteiger partial charge in [-0.15, -0.1) is 13.2 Å². The predicted molar refractivity (Wildman–Crippen MR) is 80.4 cm³/mol. The van der Waals surface area contributed by atoms with Crippen molar-refractivity contribution in [3.8, 4) is 5.75 Å². The Hall–Kier alpha value is -2.33. The average Bonchev–Trinajstić information content (AvgIpc) is 2.92. The standard InChI is InChI=1S/C15H18F3N3O4/c1-8-6-12(21-20-8)14(24)19-11(7-13(22)23)9-2-4-10(5-3-9)25-15(16,17)18/h2-5,8,11-12,20-21H,6-7H2,1H3,(H,19,24)(H,22,23). The molecule has 2 rings (SSSR count). The van der Waals surface area contributed by atoms with Crippen LogP contribution in [-0.2, 0) is 9.59 Å². The average molecular weight is 361 g/mol. The zero-order valence-corrected chi connectivity index (χ0v) is 13.3. The van der Waals surface area contributed by atoms with Crippen LogP contribution in [0.4, 0.5) is 13.2 Å². The smallest absolute Gasteiger partial charge is 0.481 e. The molecule has 0 saturated carbocycles. The van der Waals surface area contributed by atoms with Crippen molar-refractivity contribution in [3.63, 3.8) is 0 Å². The Morgan fingerprint density at radius 2 is 1.96 bits per heavy atom. The predicted octanol–water partition coefficient (Wildman–Crippen LogP) is 1.47. The summed E-state index contributed by atoms with van der Waals surface area (Å²) < 4.78 is 40.3. The topological polar surface area (TPSA) is 99.7 Å².